The Bertz CT molecular complexity index is 604. The van der Waals surface area contributed by atoms with E-state index in [1.807, 2.05) is 30.3 Å². The molecule has 1 aromatic rings. The molecule has 1 saturated heterocycles. The van der Waals surface area contributed by atoms with Gasteiger partial charge in [0.2, 0.25) is 15.9 Å². The van der Waals surface area contributed by atoms with Crippen LogP contribution < -0.4 is 10.5 Å². The van der Waals surface area contributed by atoms with Gasteiger partial charge in [-0.15, -0.1) is 0 Å². The van der Waals surface area contributed by atoms with Gasteiger partial charge in [0.05, 0.1) is 12.2 Å². The second kappa shape index (κ2) is 7.21. The highest BCUT2D eigenvalue weighted by Crippen LogP contribution is 2.20. The van der Waals surface area contributed by atoms with E-state index in [9.17, 15) is 13.2 Å². The molecule has 0 spiro atoms. The number of amides is 1. The highest BCUT2D eigenvalue weighted by Gasteiger charge is 2.30. The molecule has 2 atom stereocenters. The SMILES string of the molecule is CS(=O)(=O)NC1CCCN(C(=O)C(CN)c2ccccc2)C1. The maximum absolute atomic E-state index is 12.7. The Morgan fingerprint density at radius 1 is 1.41 bits per heavy atom. The first-order chi connectivity index (χ1) is 10.4. The van der Waals surface area contributed by atoms with Crippen molar-refractivity contribution < 1.29 is 13.2 Å². The van der Waals surface area contributed by atoms with Crippen LogP contribution in [0, 0.1) is 0 Å². The predicted molar refractivity (Wildman–Crippen MR) is 85.8 cm³/mol. The fraction of sp³-hybridized carbons (Fsp3) is 0.533. The summed E-state index contributed by atoms with van der Waals surface area (Å²) in [6.45, 7) is 1.28. The van der Waals surface area contributed by atoms with Crippen molar-refractivity contribution in [3.8, 4) is 0 Å². The maximum atomic E-state index is 12.7. The van der Waals surface area contributed by atoms with Gasteiger partial charge in [-0.1, -0.05) is 30.3 Å². The lowest BCUT2D eigenvalue weighted by molar-refractivity contribution is -0.133. The first-order valence-electron chi connectivity index (χ1n) is 7.42. The van der Waals surface area contributed by atoms with Crippen LogP contribution in [0.15, 0.2) is 30.3 Å². The van der Waals surface area contributed by atoms with Gasteiger partial charge in [-0.25, -0.2) is 13.1 Å². The van der Waals surface area contributed by atoms with Gasteiger partial charge in [-0.2, -0.15) is 0 Å². The van der Waals surface area contributed by atoms with E-state index < -0.39 is 10.0 Å². The van der Waals surface area contributed by atoms with Gasteiger partial charge in [-0.3, -0.25) is 4.79 Å². The first-order valence-corrected chi connectivity index (χ1v) is 9.31. The Balaban J connectivity index is 2.07. The highest BCUT2D eigenvalue weighted by atomic mass is 32.2. The minimum Gasteiger partial charge on any atom is -0.341 e. The number of carbonyl (C=O) groups is 1. The van der Waals surface area contributed by atoms with E-state index in [-0.39, 0.29) is 24.4 Å². The quantitative estimate of drug-likeness (QED) is 0.813. The summed E-state index contributed by atoms with van der Waals surface area (Å²) in [5, 5.41) is 0. The van der Waals surface area contributed by atoms with Crippen molar-refractivity contribution in [1.29, 1.82) is 0 Å². The Hall–Kier alpha value is -1.44. The molecule has 7 heteroatoms. The predicted octanol–water partition coefficient (Wildman–Crippen LogP) is 0.269. The lowest BCUT2D eigenvalue weighted by Gasteiger charge is -2.34. The molecule has 1 heterocycles. The van der Waals surface area contributed by atoms with Gasteiger partial charge in [0.25, 0.3) is 0 Å². The molecule has 1 aromatic carbocycles. The second-order valence-corrected chi connectivity index (χ2v) is 7.49. The van der Waals surface area contributed by atoms with Gasteiger partial charge in [0.1, 0.15) is 0 Å². The van der Waals surface area contributed by atoms with E-state index >= 15 is 0 Å². The largest absolute Gasteiger partial charge is 0.341 e. The number of hydrogen-bond donors (Lipinski definition) is 2. The molecule has 2 rings (SSSR count). The zero-order chi connectivity index (χ0) is 16.2. The van der Waals surface area contributed by atoms with Crippen LogP contribution in [0.2, 0.25) is 0 Å². The van der Waals surface area contributed by atoms with Crippen LogP contribution in [0.5, 0.6) is 0 Å². The number of nitrogens with two attached hydrogens (primary N) is 1. The van der Waals surface area contributed by atoms with Crippen molar-refractivity contribution in [1.82, 2.24) is 9.62 Å². The number of likely N-dealkylation sites (tertiary alicyclic amines) is 1. The van der Waals surface area contributed by atoms with Gasteiger partial charge in [0, 0.05) is 25.7 Å². The Morgan fingerprint density at radius 2 is 2.09 bits per heavy atom. The number of benzene rings is 1. The number of sulfonamides is 1. The number of carbonyl (C=O) groups excluding carboxylic acids is 1. The lowest BCUT2D eigenvalue weighted by Crippen LogP contribution is -2.51. The summed E-state index contributed by atoms with van der Waals surface area (Å²) in [5.74, 6) is -0.410. The van der Waals surface area contributed by atoms with E-state index in [4.69, 9.17) is 5.73 Å². The minimum atomic E-state index is -3.26. The molecule has 1 fully saturated rings. The molecule has 1 amide bonds. The average Bonchev–Trinajstić information content (AvgIpc) is 2.47. The molecule has 0 bridgehead atoms. The van der Waals surface area contributed by atoms with Crippen LogP contribution >= 0.6 is 0 Å². The molecule has 3 N–H and O–H groups in total. The third-order valence-electron chi connectivity index (χ3n) is 3.85. The van der Waals surface area contributed by atoms with Crippen molar-refractivity contribution in [3.05, 3.63) is 35.9 Å². The summed E-state index contributed by atoms with van der Waals surface area (Å²) in [6.07, 6.45) is 2.67. The molecular weight excluding hydrogens is 302 g/mol. The molecule has 1 aliphatic rings. The van der Waals surface area contributed by atoms with Gasteiger partial charge < -0.3 is 10.6 Å². The molecule has 1 aliphatic heterocycles. The smallest absolute Gasteiger partial charge is 0.231 e. The summed E-state index contributed by atoms with van der Waals surface area (Å²) in [5.41, 5.74) is 6.69. The van der Waals surface area contributed by atoms with Crippen LogP contribution in [-0.4, -0.2) is 51.2 Å². The van der Waals surface area contributed by atoms with E-state index in [2.05, 4.69) is 4.72 Å². The zero-order valence-electron chi connectivity index (χ0n) is 12.7. The van der Waals surface area contributed by atoms with Crippen molar-refractivity contribution in [3.63, 3.8) is 0 Å². The van der Waals surface area contributed by atoms with Crippen molar-refractivity contribution >= 4 is 15.9 Å². The van der Waals surface area contributed by atoms with Crippen LogP contribution in [0.4, 0.5) is 0 Å². The van der Waals surface area contributed by atoms with E-state index in [1.165, 1.54) is 0 Å². The summed E-state index contributed by atoms with van der Waals surface area (Å²) < 4.78 is 25.3. The molecule has 2 unspecified atom stereocenters. The standard InChI is InChI=1S/C15H23N3O3S/c1-22(20,21)17-13-8-5-9-18(11-13)15(19)14(10-16)12-6-3-2-4-7-12/h2-4,6-7,13-14,17H,5,8-11,16H2,1H3. The third-order valence-corrected chi connectivity index (χ3v) is 4.61. The second-order valence-electron chi connectivity index (χ2n) is 5.71. The number of rotatable bonds is 5. The molecule has 0 aromatic heterocycles. The summed E-state index contributed by atoms with van der Waals surface area (Å²) >= 11 is 0. The van der Waals surface area contributed by atoms with Crippen LogP contribution in [0.25, 0.3) is 0 Å². The zero-order valence-corrected chi connectivity index (χ0v) is 13.6. The Labute approximate surface area is 131 Å². The fourth-order valence-corrected chi connectivity index (χ4v) is 3.66. The fourth-order valence-electron chi connectivity index (χ4n) is 2.86. The molecule has 6 nitrogen and oxygen atoms in total. The monoisotopic (exact) mass is 325 g/mol. The summed E-state index contributed by atoms with van der Waals surface area (Å²) in [6, 6.07) is 9.23. The third kappa shape index (κ3) is 4.53. The van der Waals surface area contributed by atoms with E-state index in [0.717, 1.165) is 24.7 Å². The number of piperidine rings is 1. The maximum Gasteiger partial charge on any atom is 0.231 e. The van der Waals surface area contributed by atoms with Crippen LogP contribution in [0.1, 0.15) is 24.3 Å². The summed E-state index contributed by atoms with van der Waals surface area (Å²) in [4.78, 5) is 14.4. The summed E-state index contributed by atoms with van der Waals surface area (Å²) in [7, 11) is -3.26. The number of hydrogen-bond acceptors (Lipinski definition) is 4. The molecule has 0 aliphatic carbocycles. The van der Waals surface area contributed by atoms with Crippen LogP contribution in [0.3, 0.4) is 0 Å². The minimum absolute atomic E-state index is 0.0336. The molecule has 22 heavy (non-hydrogen) atoms. The molecule has 122 valence electrons. The van der Waals surface area contributed by atoms with Gasteiger partial charge >= 0.3 is 0 Å². The number of nitrogens with zero attached hydrogens (tertiary/aromatic N) is 1. The highest BCUT2D eigenvalue weighted by molar-refractivity contribution is 7.88. The molecule has 0 radical (unpaired) electrons. The lowest BCUT2D eigenvalue weighted by atomic mass is 9.96. The topological polar surface area (TPSA) is 92.5 Å². The van der Waals surface area contributed by atoms with Gasteiger partial charge in [0.15, 0.2) is 0 Å². The average molecular weight is 325 g/mol. The van der Waals surface area contributed by atoms with Crippen molar-refractivity contribution in [2.45, 2.75) is 24.8 Å². The van der Waals surface area contributed by atoms with Gasteiger partial charge in [-0.05, 0) is 18.4 Å². The first kappa shape index (κ1) is 16.9. The molecule has 0 saturated carbocycles. The van der Waals surface area contributed by atoms with E-state index in [0.29, 0.717) is 13.1 Å². The van der Waals surface area contributed by atoms with Crippen LogP contribution in [-0.2, 0) is 14.8 Å². The van der Waals surface area contributed by atoms with Crippen molar-refractivity contribution in [2.24, 2.45) is 5.73 Å². The Morgan fingerprint density at radius 3 is 2.68 bits per heavy atom. The van der Waals surface area contributed by atoms with E-state index in [1.54, 1.807) is 4.90 Å². The Kier molecular flexibility index (Phi) is 5.55. The molecular formula is C15H23N3O3S. The van der Waals surface area contributed by atoms with Crippen molar-refractivity contribution in [2.75, 3.05) is 25.9 Å². The normalized spacial score (nSPS) is 20.6. The number of nitrogens with one attached hydrogen (secondary N) is 1.